The molecule has 2 saturated heterocycles. The molecule has 0 atom stereocenters. The number of rotatable bonds is 2. The Morgan fingerprint density at radius 3 is 2.31 bits per heavy atom. The van der Waals surface area contributed by atoms with E-state index >= 15 is 0 Å². The van der Waals surface area contributed by atoms with Gasteiger partial charge < -0.3 is 15.1 Å². The van der Waals surface area contributed by atoms with Crippen molar-refractivity contribution < 1.29 is 22.8 Å². The molecular formula is C21H20F3N3O2. The predicted octanol–water partition coefficient (Wildman–Crippen LogP) is 4.37. The largest absolute Gasteiger partial charge is 0.416 e. The van der Waals surface area contributed by atoms with Gasteiger partial charge in [0.05, 0.1) is 11.0 Å². The molecule has 2 aliphatic rings. The summed E-state index contributed by atoms with van der Waals surface area (Å²) in [5.41, 5.74) is -0.287. The number of carbonyl (C=O) groups is 2. The third kappa shape index (κ3) is 3.66. The van der Waals surface area contributed by atoms with Crippen LogP contribution in [0.15, 0.2) is 54.6 Å². The number of hydrogen-bond donors (Lipinski definition) is 1. The average molecular weight is 403 g/mol. The number of β-lactam (4-membered cyclic amide) rings is 1. The molecule has 0 radical (unpaired) electrons. The second-order valence-corrected chi connectivity index (χ2v) is 7.50. The number of alkyl halides is 3. The van der Waals surface area contributed by atoms with Gasteiger partial charge in [-0.25, -0.2) is 4.79 Å². The van der Waals surface area contributed by atoms with Crippen molar-refractivity contribution in [2.45, 2.75) is 19.0 Å². The molecule has 0 bridgehead atoms. The zero-order valence-electron chi connectivity index (χ0n) is 15.6. The highest BCUT2D eigenvalue weighted by atomic mass is 19.4. The first-order valence-corrected chi connectivity index (χ1v) is 9.39. The number of carbonyl (C=O) groups excluding carboxylic acids is 2. The van der Waals surface area contributed by atoms with Gasteiger partial charge in [-0.15, -0.1) is 0 Å². The van der Waals surface area contributed by atoms with Crippen molar-refractivity contribution >= 4 is 23.3 Å². The smallest absolute Gasteiger partial charge is 0.324 e. The predicted molar refractivity (Wildman–Crippen MR) is 102 cm³/mol. The van der Waals surface area contributed by atoms with Gasteiger partial charge in [-0.2, -0.15) is 13.2 Å². The number of nitrogens with one attached hydrogen (secondary N) is 1. The molecule has 2 fully saturated rings. The van der Waals surface area contributed by atoms with E-state index < -0.39 is 23.2 Å². The lowest BCUT2D eigenvalue weighted by molar-refractivity contribution is -0.138. The molecule has 0 aromatic heterocycles. The first-order valence-electron chi connectivity index (χ1n) is 9.39. The average Bonchev–Trinajstić information content (AvgIpc) is 2.72. The van der Waals surface area contributed by atoms with Gasteiger partial charge in [0, 0.05) is 31.0 Å². The summed E-state index contributed by atoms with van der Waals surface area (Å²) >= 11 is 0. The van der Waals surface area contributed by atoms with Crippen LogP contribution in [0.3, 0.4) is 0 Å². The quantitative estimate of drug-likeness (QED) is 0.758. The fourth-order valence-electron chi connectivity index (χ4n) is 3.94. The van der Waals surface area contributed by atoms with E-state index in [0.717, 1.165) is 17.8 Å². The maximum atomic E-state index is 12.8. The van der Waals surface area contributed by atoms with Gasteiger partial charge in [0.15, 0.2) is 0 Å². The molecule has 1 N–H and O–H groups in total. The molecule has 2 aliphatic heterocycles. The Hall–Kier alpha value is -3.03. The van der Waals surface area contributed by atoms with E-state index in [4.69, 9.17) is 0 Å². The number of benzene rings is 2. The van der Waals surface area contributed by atoms with Crippen LogP contribution in [0.25, 0.3) is 0 Å². The summed E-state index contributed by atoms with van der Waals surface area (Å²) in [5, 5.41) is 2.52. The normalized spacial score (nSPS) is 18.5. The minimum atomic E-state index is -4.46. The standard InChI is InChI=1S/C21H20F3N3O2/c22-21(23,24)15-5-4-6-16(13-15)25-19(29)26-11-9-20(10-12-26)14-27(18(20)28)17-7-2-1-3-8-17/h1-8,13H,9-12,14H2,(H,25,29). The number of halogens is 3. The molecule has 152 valence electrons. The Morgan fingerprint density at radius 1 is 1.00 bits per heavy atom. The fourth-order valence-corrected chi connectivity index (χ4v) is 3.94. The molecule has 1 spiro atoms. The third-order valence-electron chi connectivity index (χ3n) is 5.68. The van der Waals surface area contributed by atoms with Crippen LogP contribution < -0.4 is 10.2 Å². The molecule has 0 aliphatic carbocycles. The van der Waals surface area contributed by atoms with Crippen LogP contribution in [0.2, 0.25) is 0 Å². The fraction of sp³-hybridized carbons (Fsp3) is 0.333. The summed E-state index contributed by atoms with van der Waals surface area (Å²) in [4.78, 5) is 28.5. The van der Waals surface area contributed by atoms with Crippen LogP contribution in [0, 0.1) is 5.41 Å². The first-order chi connectivity index (χ1) is 13.8. The Labute approximate surface area is 166 Å². The van der Waals surface area contributed by atoms with Gasteiger partial charge in [-0.1, -0.05) is 24.3 Å². The zero-order valence-corrected chi connectivity index (χ0v) is 15.6. The third-order valence-corrected chi connectivity index (χ3v) is 5.68. The highest BCUT2D eigenvalue weighted by molar-refractivity contribution is 6.04. The molecule has 0 unspecified atom stereocenters. The molecule has 2 aromatic carbocycles. The second-order valence-electron chi connectivity index (χ2n) is 7.50. The maximum absolute atomic E-state index is 12.8. The maximum Gasteiger partial charge on any atom is 0.416 e. The molecule has 29 heavy (non-hydrogen) atoms. The molecule has 8 heteroatoms. The molecule has 3 amide bonds. The van der Waals surface area contributed by atoms with Gasteiger partial charge in [-0.05, 0) is 43.2 Å². The summed E-state index contributed by atoms with van der Waals surface area (Å²) in [5.74, 6) is 0.0710. The van der Waals surface area contributed by atoms with Crippen LogP contribution >= 0.6 is 0 Å². The lowest BCUT2D eigenvalue weighted by Gasteiger charge is -2.52. The molecular weight excluding hydrogens is 383 g/mol. The van der Waals surface area contributed by atoms with E-state index in [0.29, 0.717) is 32.5 Å². The molecule has 0 saturated carbocycles. The van der Waals surface area contributed by atoms with Gasteiger partial charge in [0.25, 0.3) is 0 Å². The summed E-state index contributed by atoms with van der Waals surface area (Å²) < 4.78 is 38.5. The van der Waals surface area contributed by atoms with Crippen LogP contribution in [0.5, 0.6) is 0 Å². The number of nitrogens with zero attached hydrogens (tertiary/aromatic N) is 2. The van der Waals surface area contributed by atoms with E-state index in [2.05, 4.69) is 5.32 Å². The van der Waals surface area contributed by atoms with E-state index in [1.54, 1.807) is 9.80 Å². The zero-order chi connectivity index (χ0) is 20.6. The van der Waals surface area contributed by atoms with Crippen molar-refractivity contribution in [1.82, 2.24) is 4.90 Å². The summed E-state index contributed by atoms with van der Waals surface area (Å²) in [6.45, 7) is 1.40. The Kier molecular flexibility index (Phi) is 4.72. The van der Waals surface area contributed by atoms with Crippen molar-refractivity contribution in [3.8, 4) is 0 Å². The minimum absolute atomic E-state index is 0.0710. The number of hydrogen-bond acceptors (Lipinski definition) is 2. The van der Waals surface area contributed by atoms with Crippen LogP contribution in [0.1, 0.15) is 18.4 Å². The van der Waals surface area contributed by atoms with Crippen LogP contribution in [-0.4, -0.2) is 36.5 Å². The van der Waals surface area contributed by atoms with Gasteiger partial charge >= 0.3 is 12.2 Å². The lowest BCUT2D eigenvalue weighted by Crippen LogP contribution is -2.65. The Morgan fingerprint density at radius 2 is 1.69 bits per heavy atom. The summed E-state index contributed by atoms with van der Waals surface area (Å²) in [6.07, 6.45) is -3.37. The number of amides is 3. The monoisotopic (exact) mass is 403 g/mol. The van der Waals surface area contributed by atoms with Gasteiger partial charge in [-0.3, -0.25) is 4.79 Å². The SMILES string of the molecule is O=C(Nc1cccc(C(F)(F)F)c1)N1CCC2(CC1)CN(c1ccccc1)C2=O. The number of urea groups is 1. The summed E-state index contributed by atoms with van der Waals surface area (Å²) in [7, 11) is 0. The van der Waals surface area contributed by atoms with E-state index in [-0.39, 0.29) is 11.6 Å². The lowest BCUT2D eigenvalue weighted by atomic mass is 9.71. The second kappa shape index (κ2) is 7.09. The van der Waals surface area contributed by atoms with Crippen molar-refractivity contribution in [2.24, 2.45) is 5.41 Å². The van der Waals surface area contributed by atoms with Crippen molar-refractivity contribution in [3.05, 3.63) is 60.2 Å². The molecule has 2 heterocycles. The molecule has 4 rings (SSSR count). The highest BCUT2D eigenvalue weighted by Crippen LogP contribution is 2.44. The van der Waals surface area contributed by atoms with Crippen LogP contribution in [0.4, 0.5) is 29.3 Å². The van der Waals surface area contributed by atoms with Crippen molar-refractivity contribution in [1.29, 1.82) is 0 Å². The number of para-hydroxylation sites is 1. The first kappa shape index (κ1) is 19.3. The summed E-state index contributed by atoms with van der Waals surface area (Å²) in [6, 6.07) is 13.5. The topological polar surface area (TPSA) is 52.7 Å². The van der Waals surface area contributed by atoms with Crippen molar-refractivity contribution in [3.63, 3.8) is 0 Å². The van der Waals surface area contributed by atoms with E-state index in [9.17, 15) is 22.8 Å². The molecule has 5 nitrogen and oxygen atoms in total. The number of likely N-dealkylation sites (tertiary alicyclic amines) is 1. The number of piperidine rings is 1. The van der Waals surface area contributed by atoms with Crippen LogP contribution in [-0.2, 0) is 11.0 Å². The number of anilines is 2. The van der Waals surface area contributed by atoms with E-state index in [1.807, 2.05) is 30.3 Å². The minimum Gasteiger partial charge on any atom is -0.324 e. The van der Waals surface area contributed by atoms with Gasteiger partial charge in [0.2, 0.25) is 5.91 Å². The van der Waals surface area contributed by atoms with Gasteiger partial charge in [0.1, 0.15) is 0 Å². The van der Waals surface area contributed by atoms with Crippen molar-refractivity contribution in [2.75, 3.05) is 29.9 Å². The molecule has 2 aromatic rings. The van der Waals surface area contributed by atoms with E-state index in [1.165, 1.54) is 12.1 Å². The Balaban J connectivity index is 1.35. The Bertz CT molecular complexity index is 922. The highest BCUT2D eigenvalue weighted by Gasteiger charge is 2.53.